The summed E-state index contributed by atoms with van der Waals surface area (Å²) in [5, 5.41) is 2.45. The Kier molecular flexibility index (Phi) is 9.92. The number of aryl methyl sites for hydroxylation is 1. The molecule has 2 aromatic rings. The summed E-state index contributed by atoms with van der Waals surface area (Å²) < 4.78 is 10.7. The van der Waals surface area contributed by atoms with E-state index in [0.29, 0.717) is 11.5 Å². The topological polar surface area (TPSA) is 85.5 Å². The Hall–Kier alpha value is -2.48. The molecule has 2 aromatic carbocycles. The Balaban J connectivity index is 0.00000225. The first kappa shape index (κ1) is 25.6. The average Bonchev–Trinajstić information content (AvgIpc) is 2.74. The summed E-state index contributed by atoms with van der Waals surface area (Å²) in [4.78, 5) is 16.4. The quantitative estimate of drug-likeness (QED) is 0.776. The first-order chi connectivity index (χ1) is 13.5. The third-order valence-electron chi connectivity index (χ3n) is 5.39. The van der Waals surface area contributed by atoms with Crippen molar-refractivity contribution in [1.29, 1.82) is 0 Å². The van der Waals surface area contributed by atoms with Gasteiger partial charge in [0.25, 0.3) is 0 Å². The van der Waals surface area contributed by atoms with Gasteiger partial charge < -0.3 is 25.2 Å². The Bertz CT molecular complexity index is 826. The largest absolute Gasteiger partial charge is 0.493 e. The number of hydrogen-bond donors (Lipinski definition) is 1. The van der Waals surface area contributed by atoms with E-state index in [9.17, 15) is 4.79 Å². The zero-order chi connectivity index (χ0) is 20.1. The van der Waals surface area contributed by atoms with Crippen LogP contribution in [0, 0.1) is 6.92 Å². The molecule has 1 atom stereocenters. The molecule has 0 spiro atoms. The standard InChI is InChI=1S/C22H29N3O3.ClH.H2O/c1-16-7-5-6-8-19(16)25-13-11-24(12-14-25)17(2)18-9-10-20(21(15-18)27-4)28-22(26)23-3;;/h5-10,15,17H,11-14H2,1-4H3,(H,23,26);1H;1H2. The maximum absolute atomic E-state index is 11.5. The van der Waals surface area contributed by atoms with Crippen molar-refractivity contribution in [3.8, 4) is 11.5 Å². The lowest BCUT2D eigenvalue weighted by molar-refractivity contribution is 0.196. The Labute approximate surface area is 184 Å². The molecular formula is C22H32ClN3O4. The number of para-hydroxylation sites is 1. The number of carbonyl (C=O) groups excluding carboxylic acids is 1. The van der Waals surface area contributed by atoms with Crippen molar-refractivity contribution < 1.29 is 19.7 Å². The third-order valence-corrected chi connectivity index (χ3v) is 5.39. The SMILES string of the molecule is CNC(=O)Oc1ccc(C(C)N2CCN(c3ccccc3C)CC2)cc1OC.Cl.O. The van der Waals surface area contributed by atoms with Crippen LogP contribution >= 0.6 is 12.4 Å². The van der Waals surface area contributed by atoms with Crippen LogP contribution < -0.4 is 19.7 Å². The summed E-state index contributed by atoms with van der Waals surface area (Å²) in [6.07, 6.45) is -0.508. The van der Waals surface area contributed by atoms with Gasteiger partial charge in [0.15, 0.2) is 11.5 Å². The van der Waals surface area contributed by atoms with Crippen LogP contribution in [0.2, 0.25) is 0 Å². The zero-order valence-corrected chi connectivity index (χ0v) is 18.8. The van der Waals surface area contributed by atoms with Gasteiger partial charge in [0, 0.05) is 45.0 Å². The molecule has 3 rings (SSSR count). The second-order valence-electron chi connectivity index (χ2n) is 7.04. The van der Waals surface area contributed by atoms with E-state index in [1.807, 2.05) is 12.1 Å². The van der Waals surface area contributed by atoms with E-state index in [2.05, 4.69) is 53.2 Å². The van der Waals surface area contributed by atoms with E-state index in [1.54, 1.807) is 13.2 Å². The van der Waals surface area contributed by atoms with Crippen molar-refractivity contribution in [2.75, 3.05) is 45.2 Å². The molecule has 0 aromatic heterocycles. The van der Waals surface area contributed by atoms with Crippen LogP contribution in [0.1, 0.15) is 24.1 Å². The molecule has 3 N–H and O–H groups in total. The van der Waals surface area contributed by atoms with Crippen LogP contribution in [0.5, 0.6) is 11.5 Å². The maximum Gasteiger partial charge on any atom is 0.412 e. The fourth-order valence-corrected chi connectivity index (χ4v) is 3.66. The number of carbonyl (C=O) groups is 1. The summed E-state index contributed by atoms with van der Waals surface area (Å²) in [7, 11) is 3.11. The van der Waals surface area contributed by atoms with E-state index >= 15 is 0 Å². The second kappa shape index (κ2) is 11.6. The molecule has 1 unspecified atom stereocenters. The van der Waals surface area contributed by atoms with Crippen molar-refractivity contribution in [1.82, 2.24) is 10.2 Å². The maximum atomic E-state index is 11.5. The highest BCUT2D eigenvalue weighted by Gasteiger charge is 2.24. The molecule has 0 radical (unpaired) electrons. The summed E-state index contributed by atoms with van der Waals surface area (Å²) >= 11 is 0. The molecule has 0 aliphatic carbocycles. The summed E-state index contributed by atoms with van der Waals surface area (Å²) in [6, 6.07) is 14.6. The van der Waals surface area contributed by atoms with Crippen LogP contribution in [-0.2, 0) is 0 Å². The molecule has 7 nitrogen and oxygen atoms in total. The number of amides is 1. The van der Waals surface area contributed by atoms with E-state index in [-0.39, 0.29) is 23.9 Å². The van der Waals surface area contributed by atoms with Crippen molar-refractivity contribution in [3.05, 3.63) is 53.6 Å². The molecule has 0 bridgehead atoms. The predicted molar refractivity (Wildman–Crippen MR) is 122 cm³/mol. The predicted octanol–water partition coefficient (Wildman–Crippen LogP) is 3.20. The van der Waals surface area contributed by atoms with Gasteiger partial charge in [-0.3, -0.25) is 4.90 Å². The molecule has 1 saturated heterocycles. The number of anilines is 1. The minimum Gasteiger partial charge on any atom is -0.493 e. The smallest absolute Gasteiger partial charge is 0.412 e. The zero-order valence-electron chi connectivity index (χ0n) is 18.0. The molecule has 8 heteroatoms. The van der Waals surface area contributed by atoms with Gasteiger partial charge in [-0.2, -0.15) is 0 Å². The van der Waals surface area contributed by atoms with Gasteiger partial charge in [-0.25, -0.2) is 4.79 Å². The fraction of sp³-hybridized carbons (Fsp3) is 0.409. The fourth-order valence-electron chi connectivity index (χ4n) is 3.66. The lowest BCUT2D eigenvalue weighted by Crippen LogP contribution is -2.47. The van der Waals surface area contributed by atoms with Gasteiger partial charge in [-0.1, -0.05) is 24.3 Å². The number of benzene rings is 2. The molecular weight excluding hydrogens is 406 g/mol. The van der Waals surface area contributed by atoms with Gasteiger partial charge in [-0.05, 0) is 43.2 Å². The molecule has 30 heavy (non-hydrogen) atoms. The van der Waals surface area contributed by atoms with E-state index in [4.69, 9.17) is 9.47 Å². The second-order valence-corrected chi connectivity index (χ2v) is 7.04. The number of halogens is 1. The molecule has 1 aliphatic rings. The van der Waals surface area contributed by atoms with Crippen LogP contribution in [-0.4, -0.2) is 56.8 Å². The number of methoxy groups -OCH3 is 1. The van der Waals surface area contributed by atoms with Crippen molar-refractivity contribution >= 4 is 24.2 Å². The number of ether oxygens (including phenoxy) is 2. The number of nitrogens with one attached hydrogen (secondary N) is 1. The van der Waals surface area contributed by atoms with Crippen LogP contribution in [0.15, 0.2) is 42.5 Å². The highest BCUT2D eigenvalue weighted by molar-refractivity contribution is 5.85. The molecule has 0 saturated carbocycles. The Morgan fingerprint density at radius 1 is 1.07 bits per heavy atom. The molecule has 1 amide bonds. The van der Waals surface area contributed by atoms with Gasteiger partial charge in [0.1, 0.15) is 0 Å². The first-order valence-corrected chi connectivity index (χ1v) is 9.65. The third kappa shape index (κ3) is 5.78. The Morgan fingerprint density at radius 2 is 1.73 bits per heavy atom. The average molecular weight is 438 g/mol. The van der Waals surface area contributed by atoms with E-state index in [0.717, 1.165) is 31.7 Å². The minimum absolute atomic E-state index is 0. The summed E-state index contributed by atoms with van der Waals surface area (Å²) in [5.41, 5.74) is 3.79. The van der Waals surface area contributed by atoms with Crippen molar-refractivity contribution in [2.24, 2.45) is 0 Å². The molecule has 1 aliphatic heterocycles. The van der Waals surface area contributed by atoms with E-state index in [1.165, 1.54) is 18.3 Å². The van der Waals surface area contributed by atoms with Crippen molar-refractivity contribution in [2.45, 2.75) is 19.9 Å². The number of hydrogen-bond acceptors (Lipinski definition) is 5. The van der Waals surface area contributed by atoms with Gasteiger partial charge in [-0.15, -0.1) is 12.4 Å². The number of nitrogens with zero attached hydrogens (tertiary/aromatic N) is 2. The van der Waals surface area contributed by atoms with Gasteiger partial charge >= 0.3 is 6.09 Å². The van der Waals surface area contributed by atoms with Crippen LogP contribution in [0.25, 0.3) is 0 Å². The highest BCUT2D eigenvalue weighted by atomic mass is 35.5. The van der Waals surface area contributed by atoms with Crippen LogP contribution in [0.3, 0.4) is 0 Å². The first-order valence-electron chi connectivity index (χ1n) is 9.65. The Morgan fingerprint density at radius 3 is 2.33 bits per heavy atom. The lowest BCUT2D eigenvalue weighted by Gasteiger charge is -2.39. The molecule has 1 fully saturated rings. The van der Waals surface area contributed by atoms with Gasteiger partial charge in [0.05, 0.1) is 7.11 Å². The minimum atomic E-state index is -0.508. The normalized spacial score (nSPS) is 14.7. The van der Waals surface area contributed by atoms with E-state index < -0.39 is 6.09 Å². The van der Waals surface area contributed by atoms with Crippen LogP contribution in [0.4, 0.5) is 10.5 Å². The monoisotopic (exact) mass is 437 g/mol. The lowest BCUT2D eigenvalue weighted by atomic mass is 10.0. The highest BCUT2D eigenvalue weighted by Crippen LogP contribution is 2.33. The summed E-state index contributed by atoms with van der Waals surface area (Å²) in [6.45, 7) is 8.37. The number of piperazine rings is 1. The number of rotatable bonds is 5. The van der Waals surface area contributed by atoms with Crippen molar-refractivity contribution in [3.63, 3.8) is 0 Å². The molecule has 1 heterocycles. The van der Waals surface area contributed by atoms with Gasteiger partial charge in [0.2, 0.25) is 0 Å². The molecule has 166 valence electrons. The summed E-state index contributed by atoms with van der Waals surface area (Å²) in [5.74, 6) is 0.980.